The lowest BCUT2D eigenvalue weighted by molar-refractivity contribution is 0.0209. The molecule has 0 aliphatic heterocycles. The quantitative estimate of drug-likeness (QED) is 0.761. The molecule has 0 spiro atoms. The van der Waals surface area contributed by atoms with E-state index in [1.165, 1.54) is 0 Å². The molecule has 1 aromatic heterocycles. The van der Waals surface area contributed by atoms with Crippen LogP contribution in [0.2, 0.25) is 0 Å². The molecule has 0 atom stereocenters. The fourth-order valence-corrected chi connectivity index (χ4v) is 2.25. The number of rotatable bonds is 8. The minimum atomic E-state index is -0.806. The highest BCUT2D eigenvalue weighted by Gasteiger charge is 2.26. The van der Waals surface area contributed by atoms with Gasteiger partial charge >= 0.3 is 0 Å². The van der Waals surface area contributed by atoms with E-state index in [2.05, 4.69) is 5.32 Å². The molecule has 0 saturated heterocycles. The third-order valence-corrected chi connectivity index (χ3v) is 3.24. The Hall–Kier alpha value is -1.29. The van der Waals surface area contributed by atoms with Crippen molar-refractivity contribution in [2.45, 2.75) is 58.5 Å². The zero-order chi connectivity index (χ0) is 14.3. The predicted octanol–water partition coefficient (Wildman–Crippen LogP) is 2.90. The van der Waals surface area contributed by atoms with Crippen molar-refractivity contribution >= 4 is 5.91 Å². The summed E-state index contributed by atoms with van der Waals surface area (Å²) in [7, 11) is 0. The van der Waals surface area contributed by atoms with E-state index in [9.17, 15) is 9.90 Å². The second-order valence-electron chi connectivity index (χ2n) is 5.03. The van der Waals surface area contributed by atoms with E-state index in [1.54, 1.807) is 12.1 Å². The number of aliphatic hydroxyl groups is 1. The monoisotopic (exact) mass is 267 g/mol. The van der Waals surface area contributed by atoms with Gasteiger partial charge in [-0.3, -0.25) is 4.79 Å². The standard InChI is InChI=1S/C15H25NO3/c1-4-9-15(18,10-5-2)11-16-14(17)13-8-7-12(6-3)19-13/h7-8,18H,4-6,9-11H2,1-3H3,(H,16,17). The summed E-state index contributed by atoms with van der Waals surface area (Å²) >= 11 is 0. The van der Waals surface area contributed by atoms with Crippen LogP contribution in [0.3, 0.4) is 0 Å². The number of carbonyl (C=O) groups is 1. The lowest BCUT2D eigenvalue weighted by Gasteiger charge is -2.27. The maximum atomic E-state index is 11.9. The smallest absolute Gasteiger partial charge is 0.287 e. The molecule has 1 rings (SSSR count). The topological polar surface area (TPSA) is 62.5 Å². The fraction of sp³-hybridized carbons (Fsp3) is 0.667. The molecule has 0 radical (unpaired) electrons. The molecule has 0 bridgehead atoms. The first-order chi connectivity index (χ1) is 9.04. The first-order valence-electron chi connectivity index (χ1n) is 7.14. The van der Waals surface area contributed by atoms with Crippen LogP contribution >= 0.6 is 0 Å². The van der Waals surface area contributed by atoms with Crippen LogP contribution in [0.5, 0.6) is 0 Å². The molecule has 108 valence electrons. The minimum absolute atomic E-state index is 0.259. The molecule has 1 amide bonds. The van der Waals surface area contributed by atoms with Gasteiger partial charge < -0.3 is 14.8 Å². The average Bonchev–Trinajstić information content (AvgIpc) is 2.85. The van der Waals surface area contributed by atoms with Crippen molar-refractivity contribution in [3.63, 3.8) is 0 Å². The van der Waals surface area contributed by atoms with Crippen LogP contribution in [0.15, 0.2) is 16.5 Å². The van der Waals surface area contributed by atoms with Gasteiger partial charge in [0.1, 0.15) is 5.76 Å². The zero-order valence-corrected chi connectivity index (χ0v) is 12.2. The van der Waals surface area contributed by atoms with Crippen molar-refractivity contribution < 1.29 is 14.3 Å². The van der Waals surface area contributed by atoms with Gasteiger partial charge in [-0.1, -0.05) is 33.6 Å². The molecule has 0 unspecified atom stereocenters. The van der Waals surface area contributed by atoms with Gasteiger partial charge in [-0.2, -0.15) is 0 Å². The van der Waals surface area contributed by atoms with Crippen LogP contribution in [0.25, 0.3) is 0 Å². The minimum Gasteiger partial charge on any atom is -0.456 e. The third-order valence-electron chi connectivity index (χ3n) is 3.24. The Morgan fingerprint density at radius 1 is 1.26 bits per heavy atom. The SMILES string of the molecule is CCCC(O)(CCC)CNC(=O)c1ccc(CC)o1. The van der Waals surface area contributed by atoms with Crippen LogP contribution in [0.4, 0.5) is 0 Å². The average molecular weight is 267 g/mol. The molecule has 19 heavy (non-hydrogen) atoms. The van der Waals surface area contributed by atoms with Gasteiger partial charge in [0, 0.05) is 13.0 Å². The summed E-state index contributed by atoms with van der Waals surface area (Å²) in [5.41, 5.74) is -0.806. The Morgan fingerprint density at radius 2 is 1.89 bits per heavy atom. The van der Waals surface area contributed by atoms with Crippen molar-refractivity contribution in [3.05, 3.63) is 23.7 Å². The molecule has 0 aliphatic carbocycles. The molecule has 1 heterocycles. The van der Waals surface area contributed by atoms with E-state index in [0.29, 0.717) is 18.6 Å². The molecular formula is C15H25NO3. The van der Waals surface area contributed by atoms with E-state index in [0.717, 1.165) is 25.0 Å². The van der Waals surface area contributed by atoms with Crippen LogP contribution in [-0.4, -0.2) is 23.2 Å². The summed E-state index contributed by atoms with van der Waals surface area (Å²) < 4.78 is 5.39. The molecule has 0 fully saturated rings. The maximum absolute atomic E-state index is 11.9. The van der Waals surface area contributed by atoms with Gasteiger partial charge in [0.05, 0.1) is 5.60 Å². The fourth-order valence-electron chi connectivity index (χ4n) is 2.25. The highest BCUT2D eigenvalue weighted by Crippen LogP contribution is 2.18. The zero-order valence-electron chi connectivity index (χ0n) is 12.2. The van der Waals surface area contributed by atoms with Gasteiger partial charge in [-0.25, -0.2) is 0 Å². The Balaban J connectivity index is 2.56. The van der Waals surface area contributed by atoms with Crippen LogP contribution in [-0.2, 0) is 6.42 Å². The van der Waals surface area contributed by atoms with Crippen molar-refractivity contribution in [2.24, 2.45) is 0 Å². The van der Waals surface area contributed by atoms with Gasteiger partial charge in [0.2, 0.25) is 0 Å². The number of hydrogen-bond donors (Lipinski definition) is 2. The molecule has 0 aliphatic rings. The van der Waals surface area contributed by atoms with Gasteiger partial charge in [-0.05, 0) is 25.0 Å². The molecule has 0 saturated carbocycles. The number of aryl methyl sites for hydroxylation is 1. The lowest BCUT2D eigenvalue weighted by atomic mass is 9.92. The third kappa shape index (κ3) is 4.71. The number of hydrogen-bond acceptors (Lipinski definition) is 3. The normalized spacial score (nSPS) is 11.6. The molecule has 4 nitrogen and oxygen atoms in total. The van der Waals surface area contributed by atoms with E-state index in [1.807, 2.05) is 20.8 Å². The molecule has 1 aromatic rings. The summed E-state index contributed by atoms with van der Waals surface area (Å²) in [6.07, 6.45) is 3.95. The van der Waals surface area contributed by atoms with Crippen molar-refractivity contribution in [1.82, 2.24) is 5.32 Å². The van der Waals surface area contributed by atoms with E-state index >= 15 is 0 Å². The first-order valence-corrected chi connectivity index (χ1v) is 7.14. The number of amides is 1. The predicted molar refractivity (Wildman–Crippen MR) is 75.2 cm³/mol. The Kier molecular flexibility index (Phi) is 6.09. The summed E-state index contributed by atoms with van der Waals surface area (Å²) in [4.78, 5) is 11.9. The van der Waals surface area contributed by atoms with Gasteiger partial charge in [0.25, 0.3) is 5.91 Å². The first kappa shape index (κ1) is 15.8. The molecule has 0 aromatic carbocycles. The van der Waals surface area contributed by atoms with Crippen molar-refractivity contribution in [1.29, 1.82) is 0 Å². The number of carbonyl (C=O) groups excluding carboxylic acids is 1. The van der Waals surface area contributed by atoms with Crippen molar-refractivity contribution in [3.8, 4) is 0 Å². The van der Waals surface area contributed by atoms with E-state index < -0.39 is 5.60 Å². The van der Waals surface area contributed by atoms with Crippen LogP contribution in [0, 0.1) is 0 Å². The summed E-state index contributed by atoms with van der Waals surface area (Å²) in [5.74, 6) is 0.847. The van der Waals surface area contributed by atoms with Crippen molar-refractivity contribution in [2.75, 3.05) is 6.54 Å². The summed E-state index contributed by atoms with van der Waals surface area (Å²) in [5, 5.41) is 13.2. The highest BCUT2D eigenvalue weighted by atomic mass is 16.3. The highest BCUT2D eigenvalue weighted by molar-refractivity contribution is 5.91. The van der Waals surface area contributed by atoms with E-state index in [-0.39, 0.29) is 12.5 Å². The number of nitrogens with one attached hydrogen (secondary N) is 1. The van der Waals surface area contributed by atoms with E-state index in [4.69, 9.17) is 4.42 Å². The lowest BCUT2D eigenvalue weighted by Crippen LogP contribution is -2.42. The summed E-state index contributed by atoms with van der Waals surface area (Å²) in [6.45, 7) is 6.31. The Bertz CT molecular complexity index is 392. The van der Waals surface area contributed by atoms with Crippen LogP contribution < -0.4 is 5.32 Å². The molecule has 4 heteroatoms. The second kappa shape index (κ2) is 7.34. The van der Waals surface area contributed by atoms with Crippen LogP contribution in [0.1, 0.15) is 62.8 Å². The molecule has 2 N–H and O–H groups in total. The largest absolute Gasteiger partial charge is 0.456 e. The van der Waals surface area contributed by atoms with Gasteiger partial charge in [0.15, 0.2) is 5.76 Å². The Morgan fingerprint density at radius 3 is 2.37 bits per heavy atom. The molecular weight excluding hydrogens is 242 g/mol. The second-order valence-corrected chi connectivity index (χ2v) is 5.03. The summed E-state index contributed by atoms with van der Waals surface area (Å²) in [6, 6.07) is 3.48. The Labute approximate surface area is 115 Å². The van der Waals surface area contributed by atoms with Gasteiger partial charge in [-0.15, -0.1) is 0 Å². The number of furan rings is 1. The maximum Gasteiger partial charge on any atom is 0.287 e.